The molecular weight excluding hydrogens is 286 g/mol. The number of nitrogens with zero attached hydrogens (tertiary/aromatic N) is 4. The van der Waals surface area contributed by atoms with E-state index in [0.29, 0.717) is 6.04 Å². The summed E-state index contributed by atoms with van der Waals surface area (Å²) in [4.78, 5) is 13.9. The number of rotatable bonds is 4. The average molecular weight is 309 g/mol. The fourth-order valence-corrected chi connectivity index (χ4v) is 3.44. The molecule has 3 heterocycles. The van der Waals surface area contributed by atoms with E-state index in [1.807, 2.05) is 18.3 Å². The Morgan fingerprint density at radius 1 is 0.957 bits per heavy atom. The van der Waals surface area contributed by atoms with Gasteiger partial charge in [-0.2, -0.15) is 4.98 Å². The number of para-hydroxylation sites is 1. The van der Waals surface area contributed by atoms with Crippen molar-refractivity contribution in [2.75, 3.05) is 41.3 Å². The molecule has 4 rings (SSSR count). The molecule has 0 radical (unpaired) electrons. The van der Waals surface area contributed by atoms with E-state index in [-0.39, 0.29) is 0 Å². The first-order valence-corrected chi connectivity index (χ1v) is 8.53. The van der Waals surface area contributed by atoms with Crippen LogP contribution >= 0.6 is 0 Å². The summed E-state index contributed by atoms with van der Waals surface area (Å²) >= 11 is 0. The topological polar surface area (TPSA) is 44.3 Å². The standard InChI is InChI=1S/C18H23N5/c1-2-6-15(7-3-1)20-16-9-13-23(14-16)18-19-10-8-17(21-18)22-11-4-5-12-22/h1-3,6-8,10,16,20H,4-5,9,11-14H2. The molecule has 1 atom stereocenters. The molecule has 5 nitrogen and oxygen atoms in total. The first-order valence-electron chi connectivity index (χ1n) is 8.53. The lowest BCUT2D eigenvalue weighted by Crippen LogP contribution is -2.28. The Balaban J connectivity index is 1.42. The van der Waals surface area contributed by atoms with Crippen LogP contribution in [0.5, 0.6) is 0 Å². The number of hydrogen-bond donors (Lipinski definition) is 1. The predicted octanol–water partition coefficient (Wildman–Crippen LogP) is 2.77. The molecule has 2 aromatic rings. The molecule has 23 heavy (non-hydrogen) atoms. The second-order valence-corrected chi connectivity index (χ2v) is 6.35. The SMILES string of the molecule is c1ccc(NC2CCN(c3nccc(N4CCCC4)n3)C2)cc1. The molecule has 0 bridgehead atoms. The van der Waals surface area contributed by atoms with Crippen LogP contribution in [-0.2, 0) is 0 Å². The first kappa shape index (κ1) is 14.3. The van der Waals surface area contributed by atoms with Crippen LogP contribution in [0.4, 0.5) is 17.5 Å². The second kappa shape index (κ2) is 6.44. The molecule has 0 saturated carbocycles. The molecular formula is C18H23N5. The van der Waals surface area contributed by atoms with Gasteiger partial charge in [0.15, 0.2) is 0 Å². The average Bonchev–Trinajstić information content (AvgIpc) is 3.28. The van der Waals surface area contributed by atoms with Gasteiger partial charge in [-0.25, -0.2) is 4.98 Å². The Morgan fingerprint density at radius 2 is 1.78 bits per heavy atom. The van der Waals surface area contributed by atoms with Crippen molar-refractivity contribution in [3.8, 4) is 0 Å². The van der Waals surface area contributed by atoms with Gasteiger partial charge in [0.2, 0.25) is 5.95 Å². The van der Waals surface area contributed by atoms with E-state index in [4.69, 9.17) is 4.98 Å². The molecule has 2 saturated heterocycles. The minimum atomic E-state index is 0.455. The highest BCUT2D eigenvalue weighted by atomic mass is 15.3. The third-order valence-electron chi connectivity index (χ3n) is 4.67. The second-order valence-electron chi connectivity index (χ2n) is 6.35. The van der Waals surface area contributed by atoms with E-state index in [9.17, 15) is 0 Å². The van der Waals surface area contributed by atoms with Crippen LogP contribution in [0.1, 0.15) is 19.3 Å². The normalized spacial score (nSPS) is 21.0. The van der Waals surface area contributed by atoms with Crippen molar-refractivity contribution in [3.63, 3.8) is 0 Å². The summed E-state index contributed by atoms with van der Waals surface area (Å²) in [6.07, 6.45) is 5.55. The maximum atomic E-state index is 4.79. The highest BCUT2D eigenvalue weighted by Crippen LogP contribution is 2.23. The van der Waals surface area contributed by atoms with Gasteiger partial charge in [-0.15, -0.1) is 0 Å². The lowest BCUT2D eigenvalue weighted by Gasteiger charge is -2.21. The molecule has 0 spiro atoms. The Labute approximate surface area is 137 Å². The van der Waals surface area contributed by atoms with Gasteiger partial charge >= 0.3 is 0 Å². The van der Waals surface area contributed by atoms with Crippen molar-refractivity contribution < 1.29 is 0 Å². The summed E-state index contributed by atoms with van der Waals surface area (Å²) in [5, 5.41) is 3.60. The molecule has 5 heteroatoms. The van der Waals surface area contributed by atoms with Crippen LogP contribution in [0.3, 0.4) is 0 Å². The van der Waals surface area contributed by atoms with Crippen molar-refractivity contribution >= 4 is 17.5 Å². The van der Waals surface area contributed by atoms with E-state index in [0.717, 1.165) is 44.4 Å². The molecule has 2 aliphatic rings. The number of hydrogen-bond acceptors (Lipinski definition) is 5. The summed E-state index contributed by atoms with van der Waals surface area (Å²) in [6, 6.07) is 12.9. The Bertz CT molecular complexity index is 639. The lowest BCUT2D eigenvalue weighted by molar-refractivity contribution is 0.803. The molecule has 1 unspecified atom stereocenters. The van der Waals surface area contributed by atoms with Gasteiger partial charge < -0.3 is 15.1 Å². The van der Waals surface area contributed by atoms with Crippen molar-refractivity contribution in [2.24, 2.45) is 0 Å². The molecule has 0 aliphatic carbocycles. The van der Waals surface area contributed by atoms with E-state index in [1.165, 1.54) is 18.5 Å². The van der Waals surface area contributed by atoms with Crippen LogP contribution in [0.15, 0.2) is 42.6 Å². The lowest BCUT2D eigenvalue weighted by atomic mass is 10.2. The van der Waals surface area contributed by atoms with E-state index in [2.05, 4.69) is 44.4 Å². The summed E-state index contributed by atoms with van der Waals surface area (Å²) in [5.41, 5.74) is 1.19. The van der Waals surface area contributed by atoms with E-state index >= 15 is 0 Å². The zero-order chi connectivity index (χ0) is 15.5. The third kappa shape index (κ3) is 3.23. The molecule has 0 amide bonds. The van der Waals surface area contributed by atoms with Gasteiger partial charge in [0.1, 0.15) is 5.82 Å². The van der Waals surface area contributed by atoms with E-state index in [1.54, 1.807) is 0 Å². The third-order valence-corrected chi connectivity index (χ3v) is 4.67. The summed E-state index contributed by atoms with van der Waals surface area (Å²) < 4.78 is 0. The Hall–Kier alpha value is -2.30. The van der Waals surface area contributed by atoms with Crippen LogP contribution < -0.4 is 15.1 Å². The van der Waals surface area contributed by atoms with Gasteiger partial charge in [-0.1, -0.05) is 18.2 Å². The molecule has 1 aromatic heterocycles. The van der Waals surface area contributed by atoms with Gasteiger partial charge in [0, 0.05) is 44.1 Å². The van der Waals surface area contributed by atoms with Crippen LogP contribution in [0.25, 0.3) is 0 Å². The number of aromatic nitrogens is 2. The molecule has 1 N–H and O–H groups in total. The largest absolute Gasteiger partial charge is 0.380 e. The molecule has 1 aromatic carbocycles. The van der Waals surface area contributed by atoms with E-state index < -0.39 is 0 Å². The summed E-state index contributed by atoms with van der Waals surface area (Å²) in [5.74, 6) is 1.94. The Morgan fingerprint density at radius 3 is 2.61 bits per heavy atom. The predicted molar refractivity (Wildman–Crippen MR) is 94.2 cm³/mol. The molecule has 120 valence electrons. The summed E-state index contributed by atoms with van der Waals surface area (Å²) in [7, 11) is 0. The van der Waals surface area contributed by atoms with Gasteiger partial charge in [-0.3, -0.25) is 0 Å². The van der Waals surface area contributed by atoms with Crippen molar-refractivity contribution in [3.05, 3.63) is 42.6 Å². The fourth-order valence-electron chi connectivity index (χ4n) is 3.44. The quantitative estimate of drug-likeness (QED) is 0.941. The Kier molecular flexibility index (Phi) is 4.01. The van der Waals surface area contributed by atoms with Crippen LogP contribution in [0, 0.1) is 0 Å². The zero-order valence-electron chi connectivity index (χ0n) is 13.4. The molecule has 2 fully saturated rings. The van der Waals surface area contributed by atoms with Crippen LogP contribution in [-0.4, -0.2) is 42.2 Å². The van der Waals surface area contributed by atoms with Crippen LogP contribution in [0.2, 0.25) is 0 Å². The number of anilines is 3. The van der Waals surface area contributed by atoms with Gasteiger partial charge in [0.05, 0.1) is 0 Å². The first-order chi connectivity index (χ1) is 11.4. The monoisotopic (exact) mass is 309 g/mol. The minimum absolute atomic E-state index is 0.455. The maximum Gasteiger partial charge on any atom is 0.227 e. The smallest absolute Gasteiger partial charge is 0.227 e. The highest BCUT2D eigenvalue weighted by molar-refractivity contribution is 5.47. The number of nitrogens with one attached hydrogen (secondary N) is 1. The van der Waals surface area contributed by atoms with Crippen molar-refractivity contribution in [2.45, 2.75) is 25.3 Å². The minimum Gasteiger partial charge on any atom is -0.380 e. The number of benzene rings is 1. The van der Waals surface area contributed by atoms with Crippen molar-refractivity contribution in [1.82, 2.24) is 9.97 Å². The maximum absolute atomic E-state index is 4.79. The molecule has 2 aliphatic heterocycles. The van der Waals surface area contributed by atoms with Gasteiger partial charge in [0.25, 0.3) is 0 Å². The highest BCUT2D eigenvalue weighted by Gasteiger charge is 2.25. The summed E-state index contributed by atoms with van der Waals surface area (Å²) in [6.45, 7) is 4.20. The fraction of sp³-hybridized carbons (Fsp3) is 0.444. The van der Waals surface area contributed by atoms with Gasteiger partial charge in [-0.05, 0) is 37.5 Å². The zero-order valence-corrected chi connectivity index (χ0v) is 13.4. The van der Waals surface area contributed by atoms with Crippen molar-refractivity contribution in [1.29, 1.82) is 0 Å².